The Hall–Kier alpha value is -4.68. The van der Waals surface area contributed by atoms with Crippen LogP contribution in [0.4, 0.5) is 13.9 Å². The second-order valence-electron chi connectivity index (χ2n) is 7.94. The first-order chi connectivity index (χ1) is 18.4. The molecule has 0 spiro atoms. The van der Waals surface area contributed by atoms with Crippen LogP contribution >= 0.6 is 11.3 Å². The largest absolute Gasteiger partial charge is 0.494 e. The molecule has 1 aliphatic carbocycles. The highest BCUT2D eigenvalue weighted by Gasteiger charge is 2.22. The number of methoxy groups -OCH3 is 1. The summed E-state index contributed by atoms with van der Waals surface area (Å²) in [4.78, 5) is 24.1. The minimum atomic E-state index is -2.83. The second kappa shape index (κ2) is 12.0. The Morgan fingerprint density at radius 2 is 2.05 bits per heavy atom. The molecule has 1 amide bonds. The predicted octanol–water partition coefficient (Wildman–Crippen LogP) is 1.93. The number of amides is 1. The van der Waals surface area contributed by atoms with Crippen molar-refractivity contribution in [3.05, 3.63) is 58.3 Å². The van der Waals surface area contributed by atoms with E-state index in [0.29, 0.717) is 16.5 Å². The number of hydrogen-bond acceptors (Lipinski definition) is 8. The lowest BCUT2D eigenvalue weighted by molar-refractivity contribution is -0.413. The van der Waals surface area contributed by atoms with E-state index in [1.54, 1.807) is 13.3 Å². The molecule has 3 aromatic heterocycles. The van der Waals surface area contributed by atoms with Crippen LogP contribution < -0.4 is 20.8 Å². The molecule has 0 aromatic carbocycles. The van der Waals surface area contributed by atoms with Crippen LogP contribution in [0.2, 0.25) is 0 Å². The summed E-state index contributed by atoms with van der Waals surface area (Å²) in [5.74, 6) is 11.8. The van der Waals surface area contributed by atoms with Crippen molar-refractivity contribution in [2.45, 2.75) is 19.3 Å². The fraction of sp³-hybridized carbons (Fsp3) is 0.231. The normalized spacial score (nSPS) is 13.0. The summed E-state index contributed by atoms with van der Waals surface area (Å²) in [7, 11) is 3.08. The van der Waals surface area contributed by atoms with Crippen molar-refractivity contribution in [2.75, 3.05) is 19.5 Å². The van der Waals surface area contributed by atoms with E-state index in [1.807, 2.05) is 0 Å². The molecule has 1 saturated carbocycles. The topological polar surface area (TPSA) is 130 Å². The van der Waals surface area contributed by atoms with Crippen LogP contribution in [0.25, 0.3) is 11.1 Å². The number of ether oxygens (including phenoxy) is 1. The van der Waals surface area contributed by atoms with Gasteiger partial charge in [-0.1, -0.05) is 23.2 Å². The van der Waals surface area contributed by atoms with E-state index in [-0.39, 0.29) is 33.3 Å². The SMILES string of the molecule is C[NH+]=C/C(C#Cc1cc(-c2cc(C(F)F)ncc2OC)c(C(=O)Nc2nnc(C#CC3CC3)s2)cn1)=C\N. The molecule has 12 heteroatoms. The van der Waals surface area contributed by atoms with Crippen LogP contribution in [-0.2, 0) is 0 Å². The van der Waals surface area contributed by atoms with Crippen molar-refractivity contribution >= 4 is 28.6 Å². The van der Waals surface area contributed by atoms with Crippen LogP contribution in [0.5, 0.6) is 5.75 Å². The second-order valence-corrected chi connectivity index (χ2v) is 8.92. The number of nitrogens with zero attached hydrogens (tertiary/aromatic N) is 4. The fourth-order valence-corrected chi connectivity index (χ4v) is 3.78. The van der Waals surface area contributed by atoms with Gasteiger partial charge in [-0.2, -0.15) is 0 Å². The molecular formula is C26H22F2N7O2S+. The Labute approximate surface area is 221 Å². The van der Waals surface area contributed by atoms with Gasteiger partial charge in [-0.15, -0.1) is 10.2 Å². The highest BCUT2D eigenvalue weighted by Crippen LogP contribution is 2.35. The van der Waals surface area contributed by atoms with Crippen LogP contribution in [0, 0.1) is 29.6 Å². The standard InChI is InChI=1S/C26H21F2N7O2S/c1-30-12-16(11-29)5-7-17-9-18(19-10-21(24(27)28)32-14-22(19)37-2)20(13-31-17)25(36)33-26-35-34-23(38-26)8-6-15-3-4-15/h9-15,24H,3-4,29H2,1-2H3,(H,33,35,36)/p+1/b16-11-,30-12?. The molecule has 3 heterocycles. The van der Waals surface area contributed by atoms with Gasteiger partial charge in [-0.3, -0.25) is 15.1 Å². The number of rotatable bonds is 6. The zero-order valence-electron chi connectivity index (χ0n) is 20.4. The molecule has 4 rings (SSSR count). The summed E-state index contributed by atoms with van der Waals surface area (Å²) < 4.78 is 32.3. The maximum atomic E-state index is 13.5. The summed E-state index contributed by atoms with van der Waals surface area (Å²) in [5.41, 5.74) is 6.43. The summed E-state index contributed by atoms with van der Waals surface area (Å²) >= 11 is 1.13. The van der Waals surface area contributed by atoms with Crippen molar-refractivity contribution < 1.29 is 23.3 Å². The molecule has 192 valence electrons. The zero-order valence-corrected chi connectivity index (χ0v) is 21.2. The number of alkyl halides is 2. The van der Waals surface area contributed by atoms with Gasteiger partial charge in [0.25, 0.3) is 12.3 Å². The van der Waals surface area contributed by atoms with Crippen molar-refractivity contribution in [3.63, 3.8) is 0 Å². The maximum absolute atomic E-state index is 13.5. The van der Waals surface area contributed by atoms with Gasteiger partial charge in [0, 0.05) is 29.4 Å². The Morgan fingerprint density at radius 1 is 1.24 bits per heavy atom. The van der Waals surface area contributed by atoms with Gasteiger partial charge < -0.3 is 10.5 Å². The van der Waals surface area contributed by atoms with Gasteiger partial charge >= 0.3 is 0 Å². The number of halogens is 2. The number of nitrogens with two attached hydrogens (primary N) is 1. The molecule has 9 nitrogen and oxygen atoms in total. The molecule has 1 aliphatic rings. The number of carbonyl (C=O) groups excluding carboxylic acids is 1. The molecular weight excluding hydrogens is 512 g/mol. The number of pyridine rings is 2. The fourth-order valence-electron chi connectivity index (χ4n) is 3.18. The van der Waals surface area contributed by atoms with Gasteiger partial charge in [-0.05, 0) is 36.8 Å². The first kappa shape index (κ1) is 26.4. The third kappa shape index (κ3) is 6.55. The van der Waals surface area contributed by atoms with E-state index in [4.69, 9.17) is 10.5 Å². The van der Waals surface area contributed by atoms with Gasteiger partial charge in [-0.25, -0.2) is 18.8 Å². The molecule has 0 atom stereocenters. The van der Waals surface area contributed by atoms with Gasteiger partial charge in [0.05, 0.1) is 18.9 Å². The summed E-state index contributed by atoms with van der Waals surface area (Å²) in [6.45, 7) is 0. The van der Waals surface area contributed by atoms with Gasteiger partial charge in [0.2, 0.25) is 5.13 Å². The Bertz CT molecular complexity index is 1540. The van der Waals surface area contributed by atoms with Crippen LogP contribution in [0.3, 0.4) is 0 Å². The quantitative estimate of drug-likeness (QED) is 0.326. The van der Waals surface area contributed by atoms with Crippen LogP contribution in [0.15, 0.2) is 36.3 Å². The number of nitrogens with one attached hydrogen (secondary N) is 2. The van der Waals surface area contributed by atoms with E-state index >= 15 is 0 Å². The zero-order chi connectivity index (χ0) is 27.1. The number of anilines is 1. The highest BCUT2D eigenvalue weighted by molar-refractivity contribution is 7.15. The average molecular weight is 535 g/mol. The van der Waals surface area contributed by atoms with Crippen LogP contribution in [-0.4, -0.2) is 46.4 Å². The minimum Gasteiger partial charge on any atom is -0.494 e. The highest BCUT2D eigenvalue weighted by atomic mass is 32.1. The maximum Gasteiger partial charge on any atom is 0.280 e. The minimum absolute atomic E-state index is 0.0810. The van der Waals surface area contributed by atoms with Crippen molar-refractivity contribution in [1.82, 2.24) is 20.2 Å². The lowest BCUT2D eigenvalue weighted by Gasteiger charge is -2.14. The molecule has 0 saturated heterocycles. The van der Waals surface area contributed by atoms with E-state index < -0.39 is 18.0 Å². The molecule has 4 N–H and O–H groups in total. The third-order valence-electron chi connectivity index (χ3n) is 5.19. The third-order valence-corrected chi connectivity index (χ3v) is 5.95. The van der Waals surface area contributed by atoms with E-state index in [9.17, 15) is 13.6 Å². The molecule has 3 aromatic rings. The monoisotopic (exact) mass is 534 g/mol. The van der Waals surface area contributed by atoms with Gasteiger partial charge in [0.1, 0.15) is 29.8 Å². The Balaban J connectivity index is 1.75. The van der Waals surface area contributed by atoms with E-state index in [1.165, 1.54) is 37.8 Å². The van der Waals surface area contributed by atoms with E-state index in [2.05, 4.69) is 54.2 Å². The predicted molar refractivity (Wildman–Crippen MR) is 139 cm³/mol. The summed E-state index contributed by atoms with van der Waals surface area (Å²) in [6.07, 6.45) is 4.73. The first-order valence-corrected chi connectivity index (χ1v) is 12.2. The lowest BCUT2D eigenvalue weighted by atomic mass is 9.99. The molecule has 0 aliphatic heterocycles. The average Bonchev–Trinajstić information content (AvgIpc) is 3.66. The molecule has 0 radical (unpaired) electrons. The van der Waals surface area contributed by atoms with Crippen molar-refractivity contribution in [2.24, 2.45) is 11.7 Å². The summed E-state index contributed by atoms with van der Waals surface area (Å²) in [5, 5.41) is 11.4. The number of hydrogen-bond donors (Lipinski definition) is 3. The lowest BCUT2D eigenvalue weighted by Crippen LogP contribution is -2.63. The van der Waals surface area contributed by atoms with Gasteiger partial charge in [0.15, 0.2) is 11.2 Å². The molecule has 0 unspecified atom stereocenters. The Kier molecular flexibility index (Phi) is 8.36. The summed E-state index contributed by atoms with van der Waals surface area (Å²) in [6, 6.07) is 2.68. The van der Waals surface area contributed by atoms with E-state index in [0.717, 1.165) is 24.2 Å². The number of allylic oxidation sites excluding steroid dienone is 1. The van der Waals surface area contributed by atoms with Crippen LogP contribution in [0.1, 0.15) is 46.0 Å². The van der Waals surface area contributed by atoms with Crippen molar-refractivity contribution in [1.29, 1.82) is 0 Å². The van der Waals surface area contributed by atoms with Crippen molar-refractivity contribution in [3.8, 4) is 40.6 Å². The number of aromatic nitrogens is 4. The smallest absolute Gasteiger partial charge is 0.280 e. The molecule has 38 heavy (non-hydrogen) atoms. The molecule has 1 fully saturated rings. The first-order valence-electron chi connectivity index (χ1n) is 11.3. The number of carbonyl (C=O) groups is 1. The Morgan fingerprint density at radius 3 is 2.74 bits per heavy atom. The molecule has 0 bridgehead atoms.